The van der Waals surface area contributed by atoms with E-state index in [1.807, 2.05) is 27.7 Å². The molecule has 1 saturated carbocycles. The third kappa shape index (κ3) is 8.79. The fourth-order valence-electron chi connectivity index (χ4n) is 2.62. The molecule has 0 aliphatic heterocycles. The Bertz CT molecular complexity index is 383. The predicted octanol–water partition coefficient (Wildman–Crippen LogP) is 2.22. The Morgan fingerprint density at radius 1 is 1.26 bits per heavy atom. The smallest absolute Gasteiger partial charge is 0.309 e. The molecule has 0 bridgehead atoms. The molecular weight excluding hydrogens is 294 g/mol. The summed E-state index contributed by atoms with van der Waals surface area (Å²) in [5, 5.41) is 3.25. The van der Waals surface area contributed by atoms with Gasteiger partial charge in [-0.25, -0.2) is 0 Å². The van der Waals surface area contributed by atoms with E-state index >= 15 is 0 Å². The molecule has 0 heterocycles. The zero-order chi connectivity index (χ0) is 17.3. The molecule has 134 valence electrons. The summed E-state index contributed by atoms with van der Waals surface area (Å²) in [5.41, 5.74) is 5.49. The fourth-order valence-corrected chi connectivity index (χ4v) is 2.62. The molecule has 0 atom stereocenters. The van der Waals surface area contributed by atoms with Gasteiger partial charge in [0.15, 0.2) is 5.96 Å². The second-order valence-electron chi connectivity index (χ2n) is 7.04. The first kappa shape index (κ1) is 19.7. The van der Waals surface area contributed by atoms with Crippen molar-refractivity contribution in [3.05, 3.63) is 0 Å². The van der Waals surface area contributed by atoms with E-state index in [1.165, 1.54) is 0 Å². The van der Waals surface area contributed by atoms with E-state index in [0.717, 1.165) is 38.7 Å². The average molecular weight is 327 g/mol. The molecule has 6 nitrogen and oxygen atoms in total. The molecular formula is C17H33N3O3. The van der Waals surface area contributed by atoms with Gasteiger partial charge in [0.25, 0.3) is 0 Å². The van der Waals surface area contributed by atoms with Crippen LogP contribution in [0.15, 0.2) is 4.99 Å². The molecule has 1 fully saturated rings. The molecule has 0 aromatic carbocycles. The van der Waals surface area contributed by atoms with Crippen molar-refractivity contribution in [3.63, 3.8) is 0 Å². The summed E-state index contributed by atoms with van der Waals surface area (Å²) < 4.78 is 10.7. The first-order valence-electron chi connectivity index (χ1n) is 8.69. The quantitative estimate of drug-likeness (QED) is 0.324. The van der Waals surface area contributed by atoms with Gasteiger partial charge in [-0.3, -0.25) is 9.79 Å². The molecule has 1 aliphatic carbocycles. The molecule has 1 aliphatic rings. The van der Waals surface area contributed by atoms with Gasteiger partial charge in [0, 0.05) is 25.8 Å². The number of rotatable bonds is 7. The number of esters is 1. The van der Waals surface area contributed by atoms with E-state index < -0.39 is 5.60 Å². The lowest BCUT2D eigenvalue weighted by atomic mass is 9.86. The van der Waals surface area contributed by atoms with Gasteiger partial charge in [-0.2, -0.15) is 0 Å². The summed E-state index contributed by atoms with van der Waals surface area (Å²) in [6.45, 7) is 9.81. The predicted molar refractivity (Wildman–Crippen MR) is 92.3 cm³/mol. The third-order valence-electron chi connectivity index (χ3n) is 3.75. The van der Waals surface area contributed by atoms with E-state index in [4.69, 9.17) is 15.2 Å². The van der Waals surface area contributed by atoms with Gasteiger partial charge >= 0.3 is 5.97 Å². The third-order valence-corrected chi connectivity index (χ3v) is 3.75. The number of hydrogen-bond donors (Lipinski definition) is 2. The number of nitrogens with zero attached hydrogens (tertiary/aromatic N) is 1. The van der Waals surface area contributed by atoms with Crippen LogP contribution < -0.4 is 11.1 Å². The normalized spacial score (nSPS) is 22.7. The van der Waals surface area contributed by atoms with Crippen molar-refractivity contribution >= 4 is 11.9 Å². The second-order valence-corrected chi connectivity index (χ2v) is 7.04. The van der Waals surface area contributed by atoms with Crippen molar-refractivity contribution in [3.8, 4) is 0 Å². The number of carbonyl (C=O) groups is 1. The standard InChI is InChI=1S/C17H33N3O3/c1-5-22-12-6-11-19-16(18)20-14-9-7-13(8-10-14)15(21)23-17(2,3)4/h13-14H,5-12H2,1-4H3,(H3,18,19,20). The Labute approximate surface area is 140 Å². The highest BCUT2D eigenvalue weighted by atomic mass is 16.6. The van der Waals surface area contributed by atoms with E-state index in [9.17, 15) is 4.79 Å². The van der Waals surface area contributed by atoms with Crippen LogP contribution in [0.4, 0.5) is 0 Å². The molecule has 0 spiro atoms. The Hall–Kier alpha value is -1.30. The summed E-state index contributed by atoms with van der Waals surface area (Å²) >= 11 is 0. The summed E-state index contributed by atoms with van der Waals surface area (Å²) in [6, 6.07) is 0.296. The fraction of sp³-hybridized carbons (Fsp3) is 0.882. The van der Waals surface area contributed by atoms with Crippen molar-refractivity contribution in [2.24, 2.45) is 16.6 Å². The van der Waals surface area contributed by atoms with Crippen LogP contribution in [0.1, 0.15) is 59.8 Å². The Kier molecular flexibility index (Phi) is 8.37. The van der Waals surface area contributed by atoms with Gasteiger partial charge in [0.05, 0.1) is 5.92 Å². The number of aliphatic imine (C=N–C) groups is 1. The van der Waals surface area contributed by atoms with Gasteiger partial charge in [0.1, 0.15) is 5.60 Å². The van der Waals surface area contributed by atoms with E-state index in [0.29, 0.717) is 25.2 Å². The van der Waals surface area contributed by atoms with Crippen LogP contribution in [-0.4, -0.2) is 43.3 Å². The van der Waals surface area contributed by atoms with Crippen LogP contribution in [0, 0.1) is 5.92 Å². The lowest BCUT2D eigenvalue weighted by molar-refractivity contribution is -0.161. The maximum atomic E-state index is 12.1. The molecule has 6 heteroatoms. The SMILES string of the molecule is CCOCCCN=C(N)NC1CCC(C(=O)OC(C)(C)C)CC1. The number of carbonyl (C=O) groups excluding carboxylic acids is 1. The van der Waals surface area contributed by atoms with E-state index in [1.54, 1.807) is 0 Å². The molecule has 3 N–H and O–H groups in total. The second kappa shape index (κ2) is 9.75. The minimum absolute atomic E-state index is 0.0108. The van der Waals surface area contributed by atoms with Crippen LogP contribution in [0.5, 0.6) is 0 Å². The highest BCUT2D eigenvalue weighted by Gasteiger charge is 2.29. The van der Waals surface area contributed by atoms with Crippen LogP contribution in [-0.2, 0) is 14.3 Å². The molecule has 0 aromatic rings. The summed E-state index contributed by atoms with van der Waals surface area (Å²) in [7, 11) is 0. The van der Waals surface area contributed by atoms with Gasteiger partial charge in [-0.1, -0.05) is 0 Å². The van der Waals surface area contributed by atoms with Crippen LogP contribution in [0.25, 0.3) is 0 Å². The molecule has 0 saturated heterocycles. The number of nitrogens with one attached hydrogen (secondary N) is 1. The lowest BCUT2D eigenvalue weighted by Crippen LogP contribution is -2.43. The van der Waals surface area contributed by atoms with Crippen molar-refractivity contribution < 1.29 is 14.3 Å². The Morgan fingerprint density at radius 3 is 2.48 bits per heavy atom. The zero-order valence-electron chi connectivity index (χ0n) is 15.1. The maximum Gasteiger partial charge on any atom is 0.309 e. The van der Waals surface area contributed by atoms with Crippen LogP contribution in [0.2, 0.25) is 0 Å². The van der Waals surface area contributed by atoms with Gasteiger partial charge in [0.2, 0.25) is 0 Å². The van der Waals surface area contributed by atoms with Crippen LogP contribution >= 0.6 is 0 Å². The molecule has 0 amide bonds. The number of guanidine groups is 1. The highest BCUT2D eigenvalue weighted by Crippen LogP contribution is 2.26. The molecule has 23 heavy (non-hydrogen) atoms. The number of hydrogen-bond acceptors (Lipinski definition) is 4. The van der Waals surface area contributed by atoms with E-state index in [-0.39, 0.29) is 11.9 Å². The summed E-state index contributed by atoms with van der Waals surface area (Å²) in [4.78, 5) is 16.4. The van der Waals surface area contributed by atoms with Crippen molar-refractivity contribution in [2.75, 3.05) is 19.8 Å². The van der Waals surface area contributed by atoms with Crippen LogP contribution in [0.3, 0.4) is 0 Å². The molecule has 1 rings (SSSR count). The lowest BCUT2D eigenvalue weighted by Gasteiger charge is -2.30. The van der Waals surface area contributed by atoms with E-state index in [2.05, 4.69) is 10.3 Å². The topological polar surface area (TPSA) is 85.9 Å². The zero-order valence-corrected chi connectivity index (χ0v) is 15.1. The highest BCUT2D eigenvalue weighted by molar-refractivity contribution is 5.78. The molecule has 0 unspecified atom stereocenters. The average Bonchev–Trinajstić information content (AvgIpc) is 2.46. The van der Waals surface area contributed by atoms with Crippen molar-refractivity contribution in [2.45, 2.75) is 71.4 Å². The minimum atomic E-state index is -0.412. The number of ether oxygens (including phenoxy) is 2. The first-order chi connectivity index (χ1) is 10.8. The van der Waals surface area contributed by atoms with Crippen molar-refractivity contribution in [1.29, 1.82) is 0 Å². The Balaban J connectivity index is 2.25. The minimum Gasteiger partial charge on any atom is -0.460 e. The summed E-state index contributed by atoms with van der Waals surface area (Å²) in [5.74, 6) is 0.423. The Morgan fingerprint density at radius 2 is 1.91 bits per heavy atom. The molecule has 0 aromatic heterocycles. The summed E-state index contributed by atoms with van der Waals surface area (Å²) in [6.07, 6.45) is 4.38. The van der Waals surface area contributed by atoms with Crippen molar-refractivity contribution in [1.82, 2.24) is 5.32 Å². The largest absolute Gasteiger partial charge is 0.460 e. The van der Waals surface area contributed by atoms with Gasteiger partial charge in [-0.05, 0) is 59.8 Å². The van der Waals surface area contributed by atoms with Gasteiger partial charge < -0.3 is 20.5 Å². The first-order valence-corrected chi connectivity index (χ1v) is 8.69. The number of nitrogens with two attached hydrogens (primary N) is 1. The van der Waals surface area contributed by atoms with Gasteiger partial charge in [-0.15, -0.1) is 0 Å². The monoisotopic (exact) mass is 327 g/mol. The molecule has 0 radical (unpaired) electrons. The maximum absolute atomic E-state index is 12.1.